The molecule has 0 aliphatic heterocycles. The molecule has 1 aromatic heterocycles. The van der Waals surface area contributed by atoms with Crippen LogP contribution in [0, 0.1) is 0 Å². The van der Waals surface area contributed by atoms with Crippen LogP contribution in [0.1, 0.15) is 47.2 Å². The van der Waals surface area contributed by atoms with Crippen LogP contribution in [-0.4, -0.2) is 39.6 Å². The number of H-pyrrole nitrogens is 1. The smallest absolute Gasteiger partial charge is 0.341 e. The summed E-state index contributed by atoms with van der Waals surface area (Å²) < 4.78 is 5.10. The van der Waals surface area contributed by atoms with E-state index in [-0.39, 0.29) is 11.5 Å². The molecule has 3 aromatic rings. The van der Waals surface area contributed by atoms with Gasteiger partial charge in [0.15, 0.2) is 12.3 Å². The number of aromatic amines is 1. The number of carbonyl (C=O) groups excluding carboxylic acids is 2. The van der Waals surface area contributed by atoms with Crippen molar-refractivity contribution in [2.45, 2.75) is 32.6 Å². The summed E-state index contributed by atoms with van der Waals surface area (Å²) >= 11 is 0. The summed E-state index contributed by atoms with van der Waals surface area (Å²) in [6.07, 6.45) is 3.53. The fourth-order valence-corrected chi connectivity index (χ4v) is 3.23. The van der Waals surface area contributed by atoms with Gasteiger partial charge in [0.25, 0.3) is 5.91 Å². The minimum absolute atomic E-state index is 0.0820. The van der Waals surface area contributed by atoms with E-state index in [0.717, 1.165) is 24.8 Å². The topological polar surface area (TPSA) is 159 Å². The highest BCUT2D eigenvalue weighted by Gasteiger charge is 2.17. The molecule has 0 spiro atoms. The van der Waals surface area contributed by atoms with Crippen molar-refractivity contribution < 1.29 is 24.2 Å². The van der Waals surface area contributed by atoms with Gasteiger partial charge >= 0.3 is 12.0 Å². The normalized spacial score (nSPS) is 10.5. The first kappa shape index (κ1) is 24.3. The number of amides is 3. The molecule has 1 heterocycles. The lowest BCUT2D eigenvalue weighted by Gasteiger charge is -2.08. The zero-order valence-electron chi connectivity index (χ0n) is 18.8. The summed E-state index contributed by atoms with van der Waals surface area (Å²) in [6.45, 7) is 1.71. The fraction of sp³-hybridized carbons (Fsp3) is 0.250. The van der Waals surface area contributed by atoms with E-state index in [9.17, 15) is 14.4 Å². The van der Waals surface area contributed by atoms with Gasteiger partial charge in [-0.05, 0) is 48.2 Å². The molecule has 10 heteroatoms. The number of carboxylic acid groups (broad SMARTS) is 1. The first-order valence-corrected chi connectivity index (χ1v) is 10.8. The standard InChI is InChI=1S/C24H27N5O5/c1-2-3-4-15-5-9-17(10-6-15)26-24(33)29-23-21(22(25)32)27-19(28-23)13-16-7-11-18(12-8-16)34-14-20(30)31/h5-12H,2-4,13-14H2,1H3,(H2,25,32)(H,27,28)(H,30,31)(H2,26,29,33). The van der Waals surface area contributed by atoms with E-state index in [1.807, 2.05) is 24.3 Å². The predicted molar refractivity (Wildman–Crippen MR) is 127 cm³/mol. The number of rotatable bonds is 11. The Hall–Kier alpha value is -4.34. The Morgan fingerprint density at radius 3 is 2.32 bits per heavy atom. The van der Waals surface area contributed by atoms with Gasteiger partial charge in [-0.3, -0.25) is 10.1 Å². The number of ether oxygens (including phenoxy) is 1. The lowest BCUT2D eigenvalue weighted by Crippen LogP contribution is -2.22. The summed E-state index contributed by atoms with van der Waals surface area (Å²) in [7, 11) is 0. The first-order valence-electron chi connectivity index (χ1n) is 10.8. The average Bonchev–Trinajstić information content (AvgIpc) is 3.20. The number of benzene rings is 2. The number of hydrogen-bond acceptors (Lipinski definition) is 5. The highest BCUT2D eigenvalue weighted by Crippen LogP contribution is 2.18. The molecule has 0 aliphatic rings. The SMILES string of the molecule is CCCCc1ccc(NC(=O)Nc2[nH]c(Cc3ccc(OCC(=O)O)cc3)nc2C(N)=O)cc1. The van der Waals surface area contributed by atoms with Crippen molar-refractivity contribution in [3.8, 4) is 5.75 Å². The second-order valence-electron chi connectivity index (χ2n) is 7.65. The number of primary amides is 1. The Balaban J connectivity index is 1.63. The van der Waals surface area contributed by atoms with E-state index in [2.05, 4.69) is 27.5 Å². The minimum atomic E-state index is -1.06. The molecule has 34 heavy (non-hydrogen) atoms. The van der Waals surface area contributed by atoms with E-state index in [1.165, 1.54) is 5.56 Å². The lowest BCUT2D eigenvalue weighted by molar-refractivity contribution is -0.139. The number of imidazole rings is 1. The van der Waals surface area contributed by atoms with Crippen LogP contribution in [0.15, 0.2) is 48.5 Å². The molecule has 0 unspecified atom stereocenters. The number of aryl methyl sites for hydroxylation is 1. The molecule has 3 amide bonds. The Morgan fingerprint density at radius 1 is 1.03 bits per heavy atom. The van der Waals surface area contributed by atoms with Gasteiger partial charge in [0.05, 0.1) is 0 Å². The lowest BCUT2D eigenvalue weighted by atomic mass is 10.1. The number of nitrogens with two attached hydrogens (primary N) is 1. The van der Waals surface area contributed by atoms with Crippen LogP contribution in [0.4, 0.5) is 16.3 Å². The molecule has 3 rings (SSSR count). The van der Waals surface area contributed by atoms with Crippen LogP contribution >= 0.6 is 0 Å². The number of carbonyl (C=O) groups is 3. The summed E-state index contributed by atoms with van der Waals surface area (Å²) in [6, 6.07) is 13.8. The number of anilines is 2. The molecule has 2 aromatic carbocycles. The summed E-state index contributed by atoms with van der Waals surface area (Å²) in [5, 5.41) is 14.0. The fourth-order valence-electron chi connectivity index (χ4n) is 3.23. The van der Waals surface area contributed by atoms with Crippen molar-refractivity contribution >= 4 is 29.4 Å². The zero-order chi connectivity index (χ0) is 24.5. The molecule has 0 bridgehead atoms. The Kier molecular flexibility index (Phi) is 8.22. The Bertz CT molecular complexity index is 1140. The summed E-state index contributed by atoms with van der Waals surface area (Å²) in [4.78, 5) is 42.0. The van der Waals surface area contributed by atoms with Crippen molar-refractivity contribution in [1.29, 1.82) is 0 Å². The average molecular weight is 466 g/mol. The number of nitrogens with one attached hydrogen (secondary N) is 3. The molecule has 0 saturated carbocycles. The van der Waals surface area contributed by atoms with Crippen molar-refractivity contribution in [2.24, 2.45) is 5.73 Å². The summed E-state index contributed by atoms with van der Waals surface area (Å²) in [5.41, 5.74) is 7.98. The second-order valence-corrected chi connectivity index (χ2v) is 7.65. The van der Waals surface area contributed by atoms with E-state index >= 15 is 0 Å². The number of nitrogens with zero attached hydrogens (tertiary/aromatic N) is 1. The maximum Gasteiger partial charge on any atom is 0.341 e. The summed E-state index contributed by atoms with van der Waals surface area (Å²) in [5.74, 6) is -0.910. The largest absolute Gasteiger partial charge is 0.482 e. The van der Waals surface area contributed by atoms with E-state index in [1.54, 1.807) is 24.3 Å². The molecule has 0 fully saturated rings. The molecule has 0 saturated heterocycles. The van der Waals surface area contributed by atoms with E-state index < -0.39 is 24.5 Å². The highest BCUT2D eigenvalue weighted by molar-refractivity contribution is 6.04. The third kappa shape index (κ3) is 7.09. The van der Waals surface area contributed by atoms with E-state index in [0.29, 0.717) is 23.7 Å². The number of unbranched alkanes of at least 4 members (excludes halogenated alkanes) is 1. The van der Waals surface area contributed by atoms with Crippen molar-refractivity contribution in [1.82, 2.24) is 9.97 Å². The van der Waals surface area contributed by atoms with Crippen LogP contribution in [-0.2, 0) is 17.6 Å². The van der Waals surface area contributed by atoms with Crippen molar-refractivity contribution in [3.05, 3.63) is 71.2 Å². The van der Waals surface area contributed by atoms with Crippen LogP contribution in [0.2, 0.25) is 0 Å². The molecule has 0 atom stereocenters. The van der Waals surface area contributed by atoms with Crippen LogP contribution in [0.5, 0.6) is 5.75 Å². The van der Waals surface area contributed by atoms with Gasteiger partial charge in [-0.1, -0.05) is 37.6 Å². The van der Waals surface area contributed by atoms with Gasteiger partial charge in [0.1, 0.15) is 17.4 Å². The van der Waals surface area contributed by atoms with Crippen molar-refractivity contribution in [3.63, 3.8) is 0 Å². The Morgan fingerprint density at radius 2 is 1.71 bits per heavy atom. The van der Waals surface area contributed by atoms with Crippen LogP contribution in [0.25, 0.3) is 0 Å². The number of aromatic nitrogens is 2. The molecular formula is C24H27N5O5. The molecule has 178 valence electrons. The molecule has 10 nitrogen and oxygen atoms in total. The van der Waals surface area contributed by atoms with Crippen LogP contribution in [0.3, 0.4) is 0 Å². The van der Waals surface area contributed by atoms with Gasteiger partial charge < -0.3 is 25.9 Å². The monoisotopic (exact) mass is 465 g/mol. The van der Waals surface area contributed by atoms with Gasteiger partial charge in [0, 0.05) is 12.1 Å². The second kappa shape index (κ2) is 11.5. The third-order valence-corrected chi connectivity index (χ3v) is 4.91. The maximum absolute atomic E-state index is 12.5. The highest BCUT2D eigenvalue weighted by atomic mass is 16.5. The minimum Gasteiger partial charge on any atom is -0.482 e. The van der Waals surface area contributed by atoms with Crippen molar-refractivity contribution in [2.75, 3.05) is 17.2 Å². The third-order valence-electron chi connectivity index (χ3n) is 4.91. The number of hydrogen-bond donors (Lipinski definition) is 5. The Labute approximate surface area is 196 Å². The molecular weight excluding hydrogens is 438 g/mol. The number of aliphatic carboxylic acids is 1. The molecule has 0 radical (unpaired) electrons. The van der Waals surface area contributed by atoms with Gasteiger partial charge in [-0.15, -0.1) is 0 Å². The first-order chi connectivity index (χ1) is 16.3. The quantitative estimate of drug-likeness (QED) is 0.291. The van der Waals surface area contributed by atoms with Gasteiger partial charge in [-0.2, -0.15) is 0 Å². The van der Waals surface area contributed by atoms with Crippen LogP contribution < -0.4 is 21.1 Å². The number of urea groups is 1. The van der Waals surface area contributed by atoms with E-state index in [4.69, 9.17) is 15.6 Å². The number of carboxylic acids is 1. The van der Waals surface area contributed by atoms with Gasteiger partial charge in [-0.25, -0.2) is 14.6 Å². The maximum atomic E-state index is 12.5. The zero-order valence-corrected chi connectivity index (χ0v) is 18.8. The molecule has 6 N–H and O–H groups in total. The predicted octanol–water partition coefficient (Wildman–Crippen LogP) is 3.55. The van der Waals surface area contributed by atoms with Gasteiger partial charge in [0.2, 0.25) is 0 Å². The molecule has 0 aliphatic carbocycles.